The highest BCUT2D eigenvalue weighted by Gasteiger charge is 2.18. The van der Waals surface area contributed by atoms with Crippen LogP contribution in [-0.2, 0) is 0 Å². The third kappa shape index (κ3) is 3.83. The minimum atomic E-state index is 0.689. The summed E-state index contributed by atoms with van der Waals surface area (Å²) in [4.78, 5) is 4.50. The predicted molar refractivity (Wildman–Crippen MR) is 127 cm³/mol. The average Bonchev–Trinajstić information content (AvgIpc) is 3.28. The number of ether oxygens (including phenoxy) is 1. The lowest BCUT2D eigenvalue weighted by Crippen LogP contribution is -1.93. The van der Waals surface area contributed by atoms with Crippen LogP contribution in [-0.4, -0.2) is 22.3 Å². The zero-order chi connectivity index (χ0) is 21.2. The van der Waals surface area contributed by atoms with Gasteiger partial charge in [0, 0.05) is 33.4 Å². The third-order valence-corrected chi connectivity index (χ3v) is 6.04. The maximum absolute atomic E-state index is 5.98. The Bertz CT molecular complexity index is 1360. The molecule has 5 nitrogen and oxygen atoms in total. The van der Waals surface area contributed by atoms with Crippen LogP contribution in [0.4, 0.5) is 10.8 Å². The molecule has 0 saturated carbocycles. The molecule has 5 aromatic rings. The smallest absolute Gasteiger partial charge is 0.210 e. The van der Waals surface area contributed by atoms with Gasteiger partial charge in [0.2, 0.25) is 5.13 Å². The molecule has 7 heteroatoms. The molecule has 0 aliphatic carbocycles. The molecule has 0 saturated heterocycles. The van der Waals surface area contributed by atoms with E-state index in [9.17, 15) is 0 Å². The number of benzene rings is 3. The van der Waals surface area contributed by atoms with Gasteiger partial charge in [-0.3, -0.25) is 4.98 Å². The van der Waals surface area contributed by atoms with Crippen LogP contribution in [0.5, 0.6) is 5.75 Å². The zero-order valence-electron chi connectivity index (χ0n) is 16.5. The van der Waals surface area contributed by atoms with Crippen LogP contribution in [0.1, 0.15) is 0 Å². The van der Waals surface area contributed by atoms with Crippen molar-refractivity contribution in [3.63, 3.8) is 0 Å². The molecule has 0 bridgehead atoms. The van der Waals surface area contributed by atoms with Gasteiger partial charge in [-0.1, -0.05) is 53.3 Å². The number of para-hydroxylation sites is 1. The van der Waals surface area contributed by atoms with E-state index >= 15 is 0 Å². The first-order valence-corrected chi connectivity index (χ1v) is 10.8. The molecule has 0 fully saturated rings. The normalized spacial score (nSPS) is 10.9. The Hall–Kier alpha value is -3.48. The van der Waals surface area contributed by atoms with Crippen LogP contribution in [0.15, 0.2) is 79.0 Å². The van der Waals surface area contributed by atoms with E-state index in [4.69, 9.17) is 16.3 Å². The average molecular weight is 445 g/mol. The minimum Gasteiger partial charge on any atom is -0.496 e. The highest BCUT2D eigenvalue weighted by Crippen LogP contribution is 2.43. The highest BCUT2D eigenvalue weighted by molar-refractivity contribution is 7.18. The second-order valence-corrected chi connectivity index (χ2v) is 8.22. The lowest BCUT2D eigenvalue weighted by Gasteiger charge is -2.14. The van der Waals surface area contributed by atoms with E-state index in [1.165, 1.54) is 11.3 Å². The Morgan fingerprint density at radius 3 is 2.55 bits per heavy atom. The molecule has 0 spiro atoms. The van der Waals surface area contributed by atoms with Crippen LogP contribution in [0.25, 0.3) is 32.6 Å². The number of anilines is 2. The Kier molecular flexibility index (Phi) is 5.24. The summed E-state index contributed by atoms with van der Waals surface area (Å²) in [5.41, 5.74) is 4.80. The van der Waals surface area contributed by atoms with Gasteiger partial charge in [0.15, 0.2) is 0 Å². The molecule has 0 unspecified atom stereocenters. The molecule has 152 valence electrons. The SMILES string of the molecule is COc1cccc(-c2nnc(Nc3ccc(Cl)cc3)s2)c1-c1ccnc2ccccc12. The number of aromatic nitrogens is 3. The number of hydrogen-bond donors (Lipinski definition) is 1. The number of nitrogens with zero attached hydrogens (tertiary/aromatic N) is 3. The van der Waals surface area contributed by atoms with Gasteiger partial charge in [-0.05, 0) is 48.0 Å². The highest BCUT2D eigenvalue weighted by atomic mass is 35.5. The van der Waals surface area contributed by atoms with Crippen LogP contribution >= 0.6 is 22.9 Å². The van der Waals surface area contributed by atoms with Crippen LogP contribution in [0.3, 0.4) is 0 Å². The van der Waals surface area contributed by atoms with Gasteiger partial charge in [0.25, 0.3) is 0 Å². The summed E-state index contributed by atoms with van der Waals surface area (Å²) in [5.74, 6) is 0.774. The van der Waals surface area contributed by atoms with Crippen molar-refractivity contribution in [3.8, 4) is 27.4 Å². The fourth-order valence-corrected chi connectivity index (χ4v) is 4.43. The largest absolute Gasteiger partial charge is 0.496 e. The predicted octanol–water partition coefficient (Wildman–Crippen LogP) is 6.83. The lowest BCUT2D eigenvalue weighted by molar-refractivity contribution is 0.416. The van der Waals surface area contributed by atoms with E-state index in [0.717, 1.165) is 44.0 Å². The number of nitrogens with one attached hydrogen (secondary N) is 1. The number of fused-ring (bicyclic) bond motifs is 1. The van der Waals surface area contributed by atoms with Gasteiger partial charge in [0.1, 0.15) is 10.8 Å². The third-order valence-electron chi connectivity index (χ3n) is 4.92. The first-order valence-electron chi connectivity index (χ1n) is 9.60. The summed E-state index contributed by atoms with van der Waals surface area (Å²) in [6.45, 7) is 0. The molecule has 2 heterocycles. The summed E-state index contributed by atoms with van der Waals surface area (Å²) < 4.78 is 5.73. The maximum Gasteiger partial charge on any atom is 0.210 e. The van der Waals surface area contributed by atoms with Crippen molar-refractivity contribution in [1.29, 1.82) is 0 Å². The van der Waals surface area contributed by atoms with E-state index in [2.05, 4.69) is 26.6 Å². The monoisotopic (exact) mass is 444 g/mol. The fraction of sp³-hybridized carbons (Fsp3) is 0.0417. The molecule has 0 amide bonds. The van der Waals surface area contributed by atoms with Crippen molar-refractivity contribution in [2.45, 2.75) is 0 Å². The van der Waals surface area contributed by atoms with Crippen LogP contribution in [0.2, 0.25) is 5.02 Å². The van der Waals surface area contributed by atoms with Crippen LogP contribution in [0, 0.1) is 0 Å². The maximum atomic E-state index is 5.98. The number of halogens is 1. The molecule has 31 heavy (non-hydrogen) atoms. The molecule has 0 radical (unpaired) electrons. The fourth-order valence-electron chi connectivity index (χ4n) is 3.51. The molecular formula is C24H17ClN4OS. The molecular weight excluding hydrogens is 428 g/mol. The summed E-state index contributed by atoms with van der Waals surface area (Å²) in [7, 11) is 1.68. The van der Waals surface area contributed by atoms with Gasteiger partial charge >= 0.3 is 0 Å². The van der Waals surface area contributed by atoms with E-state index in [-0.39, 0.29) is 0 Å². The Labute approximate surface area is 188 Å². The molecule has 2 aromatic heterocycles. The van der Waals surface area contributed by atoms with Crippen molar-refractivity contribution < 1.29 is 4.74 Å². The van der Waals surface area contributed by atoms with Gasteiger partial charge in [-0.15, -0.1) is 10.2 Å². The van der Waals surface area contributed by atoms with E-state index < -0.39 is 0 Å². The summed E-state index contributed by atoms with van der Waals surface area (Å²) in [6, 6.07) is 23.5. The number of methoxy groups -OCH3 is 1. The molecule has 0 aliphatic heterocycles. The minimum absolute atomic E-state index is 0.689. The van der Waals surface area contributed by atoms with Gasteiger partial charge in [-0.2, -0.15) is 0 Å². The molecule has 1 N–H and O–H groups in total. The molecule has 0 atom stereocenters. The van der Waals surface area contributed by atoms with Crippen molar-refractivity contribution in [1.82, 2.24) is 15.2 Å². The van der Waals surface area contributed by atoms with Crippen LogP contribution < -0.4 is 10.1 Å². The molecule has 5 rings (SSSR count). The lowest BCUT2D eigenvalue weighted by atomic mass is 9.96. The first-order chi connectivity index (χ1) is 15.2. The summed E-state index contributed by atoms with van der Waals surface area (Å²) >= 11 is 7.46. The standard InChI is InChI=1S/C24H17ClN4OS/c1-30-21-8-4-6-19(22(21)18-13-14-26-20-7-3-2-5-17(18)20)23-28-29-24(31-23)27-16-11-9-15(25)10-12-16/h2-14H,1H3,(H,27,29). The topological polar surface area (TPSA) is 59.9 Å². The quantitative estimate of drug-likeness (QED) is 0.322. The second-order valence-electron chi connectivity index (χ2n) is 6.80. The van der Waals surface area contributed by atoms with Gasteiger partial charge in [-0.25, -0.2) is 0 Å². The number of pyridine rings is 1. The Morgan fingerprint density at radius 1 is 0.871 bits per heavy atom. The molecule has 0 aliphatic rings. The zero-order valence-corrected chi connectivity index (χ0v) is 18.1. The summed E-state index contributed by atoms with van der Waals surface area (Å²) in [5, 5.41) is 15.3. The Balaban J connectivity index is 1.61. The van der Waals surface area contributed by atoms with E-state index in [1.54, 1.807) is 7.11 Å². The summed E-state index contributed by atoms with van der Waals surface area (Å²) in [6.07, 6.45) is 1.82. The van der Waals surface area contributed by atoms with Crippen molar-refractivity contribution in [2.75, 3.05) is 12.4 Å². The first kappa shape index (κ1) is 19.5. The van der Waals surface area contributed by atoms with Crippen molar-refractivity contribution in [3.05, 3.63) is 84.0 Å². The van der Waals surface area contributed by atoms with Crippen molar-refractivity contribution >= 4 is 44.7 Å². The number of hydrogen-bond acceptors (Lipinski definition) is 6. The van der Waals surface area contributed by atoms with E-state index in [1.807, 2.05) is 72.9 Å². The van der Waals surface area contributed by atoms with Gasteiger partial charge < -0.3 is 10.1 Å². The molecule has 3 aromatic carbocycles. The number of rotatable bonds is 5. The van der Waals surface area contributed by atoms with Gasteiger partial charge in [0.05, 0.1) is 12.6 Å². The second kappa shape index (κ2) is 8.34. The van der Waals surface area contributed by atoms with Crippen molar-refractivity contribution in [2.24, 2.45) is 0 Å². The van der Waals surface area contributed by atoms with E-state index in [0.29, 0.717) is 10.2 Å². The Morgan fingerprint density at radius 2 is 1.71 bits per heavy atom.